The maximum Gasteiger partial charge on any atom is 0.328 e. The molecule has 0 N–H and O–H groups in total. The zero-order valence-corrected chi connectivity index (χ0v) is 10.3. The summed E-state index contributed by atoms with van der Waals surface area (Å²) in [6.45, 7) is 8.61. The third-order valence-electron chi connectivity index (χ3n) is 1.74. The van der Waals surface area contributed by atoms with E-state index in [9.17, 15) is 4.79 Å². The van der Waals surface area contributed by atoms with Gasteiger partial charge in [0.1, 0.15) is 5.15 Å². The Labute approximate surface area is 100 Å². The molecule has 78 valence electrons. The van der Waals surface area contributed by atoms with Crippen molar-refractivity contribution in [1.82, 2.24) is 4.98 Å². The molecule has 1 rings (SSSR count). The van der Waals surface area contributed by atoms with Crippen molar-refractivity contribution in [3.05, 3.63) is 32.3 Å². The van der Waals surface area contributed by atoms with Gasteiger partial charge in [0.2, 0.25) is 5.69 Å². The van der Waals surface area contributed by atoms with Crippen LogP contribution in [0.15, 0.2) is 4.47 Å². The van der Waals surface area contributed by atoms with Gasteiger partial charge in [-0.3, -0.25) is 4.98 Å². The zero-order valence-electron chi connectivity index (χ0n) is 7.97. The molecule has 0 aromatic carbocycles. The largest absolute Gasteiger partial charge is 0.466 e. The SMILES string of the molecule is [C-]#[N+]c1c(Cl)nc(C)c(Br)c1C(=O)OC. The molecule has 0 fully saturated rings. The van der Waals surface area contributed by atoms with Crippen LogP contribution < -0.4 is 0 Å². The molecule has 0 amide bonds. The van der Waals surface area contributed by atoms with E-state index in [-0.39, 0.29) is 16.4 Å². The van der Waals surface area contributed by atoms with Crippen molar-refractivity contribution in [1.29, 1.82) is 0 Å². The van der Waals surface area contributed by atoms with Gasteiger partial charge in [-0.2, -0.15) is 0 Å². The van der Waals surface area contributed by atoms with Crippen molar-refractivity contribution in [2.75, 3.05) is 7.11 Å². The number of carbonyl (C=O) groups excluding carboxylic acids is 1. The quantitative estimate of drug-likeness (QED) is 0.453. The predicted octanol–water partition coefficient (Wildman–Crippen LogP) is 3.14. The van der Waals surface area contributed by atoms with Crippen LogP contribution in [0.3, 0.4) is 0 Å². The maximum absolute atomic E-state index is 11.4. The first-order chi connectivity index (χ1) is 7.02. The number of ether oxygens (including phenoxy) is 1. The highest BCUT2D eigenvalue weighted by molar-refractivity contribution is 9.10. The fourth-order valence-electron chi connectivity index (χ4n) is 1.03. The van der Waals surface area contributed by atoms with Crippen molar-refractivity contribution in [3.8, 4) is 0 Å². The van der Waals surface area contributed by atoms with Crippen LogP contribution in [-0.2, 0) is 4.74 Å². The van der Waals surface area contributed by atoms with Crippen LogP contribution in [-0.4, -0.2) is 18.1 Å². The number of aromatic nitrogens is 1. The number of pyridine rings is 1. The predicted molar refractivity (Wildman–Crippen MR) is 59.3 cm³/mol. The average Bonchev–Trinajstić information content (AvgIpc) is 2.21. The van der Waals surface area contributed by atoms with Gasteiger partial charge < -0.3 is 4.74 Å². The van der Waals surface area contributed by atoms with Gasteiger partial charge in [0.15, 0.2) is 0 Å². The summed E-state index contributed by atoms with van der Waals surface area (Å²) in [5, 5.41) is 0.00565. The van der Waals surface area contributed by atoms with Crippen molar-refractivity contribution in [2.45, 2.75) is 6.92 Å². The second-order valence-corrected chi connectivity index (χ2v) is 3.78. The van der Waals surface area contributed by atoms with E-state index in [0.29, 0.717) is 10.2 Å². The Morgan fingerprint density at radius 3 is 2.73 bits per heavy atom. The lowest BCUT2D eigenvalue weighted by Gasteiger charge is -2.08. The number of rotatable bonds is 1. The van der Waals surface area contributed by atoms with E-state index in [1.807, 2.05) is 0 Å². The van der Waals surface area contributed by atoms with Crippen LogP contribution >= 0.6 is 27.5 Å². The standard InChI is InChI=1S/C9H6BrClN2O2/c1-4-6(10)5(9(14)15-3)7(12-2)8(11)13-4/h1,3H3. The summed E-state index contributed by atoms with van der Waals surface area (Å²) >= 11 is 8.94. The minimum absolute atomic E-state index is 0.000918. The summed E-state index contributed by atoms with van der Waals surface area (Å²) in [5.41, 5.74) is 0.652. The Kier molecular flexibility index (Phi) is 3.66. The van der Waals surface area contributed by atoms with Gasteiger partial charge in [-0.25, -0.2) is 9.64 Å². The fourth-order valence-corrected chi connectivity index (χ4v) is 1.73. The minimum atomic E-state index is -0.611. The van der Waals surface area contributed by atoms with Gasteiger partial charge in [-0.05, 0) is 22.9 Å². The molecule has 1 aromatic heterocycles. The van der Waals surface area contributed by atoms with Gasteiger partial charge in [0.05, 0.1) is 24.9 Å². The molecule has 0 spiro atoms. The number of hydrogen-bond acceptors (Lipinski definition) is 3. The summed E-state index contributed by atoms with van der Waals surface area (Å²) in [6, 6.07) is 0. The summed E-state index contributed by atoms with van der Waals surface area (Å²) < 4.78 is 5.01. The molecule has 15 heavy (non-hydrogen) atoms. The van der Waals surface area contributed by atoms with Crippen LogP contribution in [0.1, 0.15) is 16.1 Å². The van der Waals surface area contributed by atoms with Gasteiger partial charge in [-0.1, -0.05) is 11.6 Å². The molecular weight excluding hydrogens is 283 g/mol. The third kappa shape index (κ3) is 2.11. The Morgan fingerprint density at radius 1 is 1.67 bits per heavy atom. The lowest BCUT2D eigenvalue weighted by atomic mass is 10.2. The zero-order chi connectivity index (χ0) is 11.6. The smallest absolute Gasteiger partial charge is 0.328 e. The van der Waals surface area contributed by atoms with E-state index >= 15 is 0 Å². The molecule has 0 aliphatic rings. The van der Waals surface area contributed by atoms with Gasteiger partial charge in [-0.15, -0.1) is 0 Å². The van der Waals surface area contributed by atoms with Crippen molar-refractivity contribution >= 4 is 39.2 Å². The molecule has 0 saturated heterocycles. The number of esters is 1. The molecule has 0 bridgehead atoms. The van der Waals surface area contributed by atoms with Crippen LogP contribution in [0.25, 0.3) is 4.85 Å². The second-order valence-electron chi connectivity index (χ2n) is 2.63. The highest BCUT2D eigenvalue weighted by Gasteiger charge is 2.21. The Bertz CT molecular complexity index is 468. The number of carbonyl (C=O) groups is 1. The second kappa shape index (κ2) is 4.60. The van der Waals surface area contributed by atoms with Gasteiger partial charge in [0.25, 0.3) is 0 Å². The van der Waals surface area contributed by atoms with E-state index in [4.69, 9.17) is 18.2 Å². The summed E-state index contributed by atoms with van der Waals surface area (Å²) in [6.07, 6.45) is 0. The normalized spacial score (nSPS) is 9.53. The highest BCUT2D eigenvalue weighted by Crippen LogP contribution is 2.35. The van der Waals surface area contributed by atoms with Crippen molar-refractivity contribution in [2.24, 2.45) is 0 Å². The van der Waals surface area contributed by atoms with Crippen LogP contribution in [0.4, 0.5) is 5.69 Å². The Morgan fingerprint density at radius 2 is 2.27 bits per heavy atom. The molecule has 0 aliphatic heterocycles. The topological polar surface area (TPSA) is 43.5 Å². The minimum Gasteiger partial charge on any atom is -0.466 e. The number of nitrogens with zero attached hydrogens (tertiary/aromatic N) is 2. The number of methoxy groups -OCH3 is 1. The summed E-state index contributed by atoms with van der Waals surface area (Å²) in [5.74, 6) is -0.611. The molecule has 0 unspecified atom stereocenters. The van der Waals surface area contributed by atoms with Crippen molar-refractivity contribution in [3.63, 3.8) is 0 Å². The molecule has 6 heteroatoms. The van der Waals surface area contributed by atoms with Crippen LogP contribution in [0, 0.1) is 13.5 Å². The number of aryl methyl sites for hydroxylation is 1. The number of hydrogen-bond donors (Lipinski definition) is 0. The average molecular weight is 290 g/mol. The number of halogens is 2. The first-order valence-electron chi connectivity index (χ1n) is 3.84. The molecule has 0 radical (unpaired) electrons. The molecule has 1 aromatic rings. The first-order valence-corrected chi connectivity index (χ1v) is 5.01. The lowest BCUT2D eigenvalue weighted by Crippen LogP contribution is -2.05. The third-order valence-corrected chi connectivity index (χ3v) is 2.97. The molecule has 0 atom stereocenters. The van der Waals surface area contributed by atoms with Crippen LogP contribution in [0.2, 0.25) is 5.15 Å². The lowest BCUT2D eigenvalue weighted by molar-refractivity contribution is 0.0600. The van der Waals surface area contributed by atoms with E-state index in [0.717, 1.165) is 0 Å². The first kappa shape index (κ1) is 12.0. The van der Waals surface area contributed by atoms with Crippen molar-refractivity contribution < 1.29 is 9.53 Å². The summed E-state index contributed by atoms with van der Waals surface area (Å²) in [7, 11) is 1.24. The Hall–Kier alpha value is -1.12. The van der Waals surface area contributed by atoms with E-state index < -0.39 is 5.97 Å². The monoisotopic (exact) mass is 288 g/mol. The summed E-state index contributed by atoms with van der Waals surface area (Å²) in [4.78, 5) is 18.5. The Balaban J connectivity index is 3.60. The van der Waals surface area contributed by atoms with Gasteiger partial charge in [0, 0.05) is 4.47 Å². The highest BCUT2D eigenvalue weighted by atomic mass is 79.9. The molecule has 4 nitrogen and oxygen atoms in total. The molecule has 0 aliphatic carbocycles. The van der Waals surface area contributed by atoms with E-state index in [2.05, 4.69) is 30.5 Å². The molecular formula is C9H6BrClN2O2. The van der Waals surface area contributed by atoms with Crippen LogP contribution in [0.5, 0.6) is 0 Å². The molecule has 0 saturated carbocycles. The fraction of sp³-hybridized carbons (Fsp3) is 0.222. The van der Waals surface area contributed by atoms with E-state index in [1.54, 1.807) is 6.92 Å². The van der Waals surface area contributed by atoms with E-state index in [1.165, 1.54) is 7.11 Å². The van der Waals surface area contributed by atoms with Gasteiger partial charge >= 0.3 is 5.97 Å². The maximum atomic E-state index is 11.4. The molecule has 1 heterocycles.